The number of aryl methyl sites for hydroxylation is 1. The Bertz CT molecular complexity index is 369. The first kappa shape index (κ1) is 9.41. The van der Waals surface area contributed by atoms with E-state index >= 15 is 0 Å². The molecule has 0 unspecified atom stereocenters. The summed E-state index contributed by atoms with van der Waals surface area (Å²) in [5, 5.41) is 3.25. The Morgan fingerprint density at radius 3 is 2.93 bits per heavy atom. The van der Waals surface area contributed by atoms with E-state index in [1.807, 2.05) is 13.0 Å². The zero-order chi connectivity index (χ0) is 9.97. The fraction of sp³-hybridized carbons (Fsp3) is 0.333. The molecule has 1 nitrogen and oxygen atoms in total. The van der Waals surface area contributed by atoms with E-state index in [1.165, 1.54) is 11.6 Å². The van der Waals surface area contributed by atoms with Crippen molar-refractivity contribution in [1.82, 2.24) is 5.32 Å². The van der Waals surface area contributed by atoms with Crippen molar-refractivity contribution in [2.75, 3.05) is 13.1 Å². The molecular weight excluding hydrogens is 177 g/mol. The van der Waals surface area contributed by atoms with Gasteiger partial charge in [-0.2, -0.15) is 0 Å². The Balaban J connectivity index is 2.39. The van der Waals surface area contributed by atoms with Crippen molar-refractivity contribution in [2.24, 2.45) is 0 Å². The van der Waals surface area contributed by atoms with Crippen molar-refractivity contribution in [3.8, 4) is 0 Å². The summed E-state index contributed by atoms with van der Waals surface area (Å²) in [4.78, 5) is 0. The summed E-state index contributed by atoms with van der Waals surface area (Å²) >= 11 is 0. The molecule has 1 N–H and O–H groups in total. The summed E-state index contributed by atoms with van der Waals surface area (Å²) in [5.74, 6) is -0.148. The molecule has 2 rings (SSSR count). The zero-order valence-corrected chi connectivity index (χ0v) is 8.31. The fourth-order valence-electron chi connectivity index (χ4n) is 1.81. The molecule has 1 aliphatic heterocycles. The van der Waals surface area contributed by atoms with Crippen LogP contribution in [0.5, 0.6) is 0 Å². The molecule has 0 bridgehead atoms. The lowest BCUT2D eigenvalue weighted by molar-refractivity contribution is 0.626. The van der Waals surface area contributed by atoms with Crippen LogP contribution in [0, 0.1) is 12.7 Å². The molecule has 14 heavy (non-hydrogen) atoms. The summed E-state index contributed by atoms with van der Waals surface area (Å²) in [7, 11) is 0. The van der Waals surface area contributed by atoms with Crippen molar-refractivity contribution in [3.05, 3.63) is 41.2 Å². The van der Waals surface area contributed by atoms with Gasteiger partial charge in [0.15, 0.2) is 0 Å². The topological polar surface area (TPSA) is 12.0 Å². The summed E-state index contributed by atoms with van der Waals surface area (Å²) in [6.45, 7) is 3.91. The maximum absolute atomic E-state index is 13.1. The van der Waals surface area contributed by atoms with Crippen LogP contribution in [0.4, 0.5) is 4.39 Å². The Labute approximate surface area is 83.6 Å². The standard InChI is InChI=1S/C12H14FN/c1-9-2-3-11(13)8-12(9)10-4-6-14-7-5-10/h2-4,8,14H,5-7H2,1H3. The molecule has 0 fully saturated rings. The van der Waals surface area contributed by atoms with Crippen molar-refractivity contribution in [1.29, 1.82) is 0 Å². The summed E-state index contributed by atoms with van der Waals surface area (Å²) in [5.41, 5.74) is 3.48. The lowest BCUT2D eigenvalue weighted by atomic mass is 9.96. The van der Waals surface area contributed by atoms with Crippen LogP contribution in [-0.2, 0) is 0 Å². The highest BCUT2D eigenvalue weighted by atomic mass is 19.1. The molecule has 1 heterocycles. The van der Waals surface area contributed by atoms with Crippen LogP contribution >= 0.6 is 0 Å². The van der Waals surface area contributed by atoms with Gasteiger partial charge in [-0.05, 0) is 48.7 Å². The van der Waals surface area contributed by atoms with Crippen molar-refractivity contribution >= 4 is 5.57 Å². The zero-order valence-electron chi connectivity index (χ0n) is 8.31. The van der Waals surface area contributed by atoms with Crippen LogP contribution in [0.2, 0.25) is 0 Å². The minimum Gasteiger partial charge on any atom is -0.313 e. The van der Waals surface area contributed by atoms with E-state index in [-0.39, 0.29) is 5.82 Å². The molecule has 0 saturated heterocycles. The van der Waals surface area contributed by atoms with Gasteiger partial charge >= 0.3 is 0 Å². The second-order valence-corrected chi connectivity index (χ2v) is 3.64. The highest BCUT2D eigenvalue weighted by molar-refractivity contribution is 5.69. The Kier molecular flexibility index (Phi) is 2.64. The smallest absolute Gasteiger partial charge is 0.123 e. The maximum Gasteiger partial charge on any atom is 0.123 e. The van der Waals surface area contributed by atoms with Crippen LogP contribution in [0.15, 0.2) is 24.3 Å². The van der Waals surface area contributed by atoms with Crippen LogP contribution in [-0.4, -0.2) is 13.1 Å². The fourth-order valence-corrected chi connectivity index (χ4v) is 1.81. The van der Waals surface area contributed by atoms with E-state index in [0.29, 0.717) is 0 Å². The van der Waals surface area contributed by atoms with Crippen LogP contribution in [0.3, 0.4) is 0 Å². The van der Waals surface area contributed by atoms with E-state index in [2.05, 4.69) is 11.4 Å². The number of rotatable bonds is 1. The SMILES string of the molecule is Cc1ccc(F)cc1C1=CCNCC1. The number of hydrogen-bond acceptors (Lipinski definition) is 1. The lowest BCUT2D eigenvalue weighted by Crippen LogP contribution is -2.20. The second kappa shape index (κ2) is 3.93. The predicted octanol–water partition coefficient (Wildman–Crippen LogP) is 2.51. The van der Waals surface area contributed by atoms with Crippen LogP contribution in [0.1, 0.15) is 17.5 Å². The first-order valence-electron chi connectivity index (χ1n) is 4.93. The molecule has 1 aromatic carbocycles. The second-order valence-electron chi connectivity index (χ2n) is 3.64. The molecule has 1 aromatic rings. The van der Waals surface area contributed by atoms with Gasteiger partial charge in [-0.15, -0.1) is 0 Å². The van der Waals surface area contributed by atoms with Gasteiger partial charge in [0.1, 0.15) is 5.82 Å². The molecule has 74 valence electrons. The average Bonchev–Trinajstić information content (AvgIpc) is 2.23. The van der Waals surface area contributed by atoms with E-state index in [4.69, 9.17) is 0 Å². The van der Waals surface area contributed by atoms with Gasteiger partial charge in [-0.3, -0.25) is 0 Å². The highest BCUT2D eigenvalue weighted by Gasteiger charge is 2.08. The van der Waals surface area contributed by atoms with Gasteiger partial charge in [-0.25, -0.2) is 4.39 Å². The first-order chi connectivity index (χ1) is 6.77. The van der Waals surface area contributed by atoms with Crippen LogP contribution < -0.4 is 5.32 Å². The number of benzene rings is 1. The van der Waals surface area contributed by atoms with Gasteiger partial charge in [0.25, 0.3) is 0 Å². The monoisotopic (exact) mass is 191 g/mol. The van der Waals surface area contributed by atoms with Gasteiger partial charge < -0.3 is 5.32 Å². The predicted molar refractivity (Wildman–Crippen MR) is 56.6 cm³/mol. The minimum absolute atomic E-state index is 0.148. The number of nitrogens with one attached hydrogen (secondary N) is 1. The Morgan fingerprint density at radius 2 is 2.21 bits per heavy atom. The van der Waals surface area contributed by atoms with E-state index < -0.39 is 0 Å². The third-order valence-corrected chi connectivity index (χ3v) is 2.61. The quantitative estimate of drug-likeness (QED) is 0.719. The first-order valence-corrected chi connectivity index (χ1v) is 4.93. The third-order valence-electron chi connectivity index (χ3n) is 2.61. The van der Waals surface area contributed by atoms with Crippen molar-refractivity contribution in [2.45, 2.75) is 13.3 Å². The Hall–Kier alpha value is -1.15. The molecule has 0 saturated carbocycles. The molecule has 0 spiro atoms. The lowest BCUT2D eigenvalue weighted by Gasteiger charge is -2.16. The van der Waals surface area contributed by atoms with E-state index in [9.17, 15) is 4.39 Å². The molecule has 0 radical (unpaired) electrons. The van der Waals surface area contributed by atoms with E-state index in [0.717, 1.165) is 30.6 Å². The summed E-state index contributed by atoms with van der Waals surface area (Å²) in [6.07, 6.45) is 3.13. The van der Waals surface area contributed by atoms with Crippen molar-refractivity contribution in [3.63, 3.8) is 0 Å². The molecular formula is C12H14FN. The highest BCUT2D eigenvalue weighted by Crippen LogP contribution is 2.23. The maximum atomic E-state index is 13.1. The third kappa shape index (κ3) is 1.85. The molecule has 0 aliphatic carbocycles. The molecule has 1 aliphatic rings. The average molecular weight is 191 g/mol. The molecule has 0 aromatic heterocycles. The normalized spacial score (nSPS) is 16.6. The van der Waals surface area contributed by atoms with Gasteiger partial charge in [0, 0.05) is 6.54 Å². The largest absolute Gasteiger partial charge is 0.313 e. The summed E-state index contributed by atoms with van der Waals surface area (Å²) < 4.78 is 13.1. The molecule has 0 atom stereocenters. The molecule has 0 amide bonds. The van der Waals surface area contributed by atoms with Crippen molar-refractivity contribution < 1.29 is 4.39 Å². The Morgan fingerprint density at radius 1 is 1.36 bits per heavy atom. The van der Waals surface area contributed by atoms with Gasteiger partial charge in [0.2, 0.25) is 0 Å². The van der Waals surface area contributed by atoms with Gasteiger partial charge in [0.05, 0.1) is 0 Å². The molecule has 2 heteroatoms. The minimum atomic E-state index is -0.148. The van der Waals surface area contributed by atoms with E-state index in [1.54, 1.807) is 6.07 Å². The number of hydrogen-bond donors (Lipinski definition) is 1. The number of halogens is 1. The van der Waals surface area contributed by atoms with Gasteiger partial charge in [-0.1, -0.05) is 12.1 Å². The van der Waals surface area contributed by atoms with Crippen LogP contribution in [0.25, 0.3) is 5.57 Å². The summed E-state index contributed by atoms with van der Waals surface area (Å²) in [6, 6.07) is 4.99.